The van der Waals surface area contributed by atoms with Crippen LogP contribution in [0.25, 0.3) is 16.9 Å². The Labute approximate surface area is 248 Å². The molecule has 1 aliphatic rings. The predicted molar refractivity (Wildman–Crippen MR) is 148 cm³/mol. The number of hydrazine groups is 1. The zero-order valence-corrected chi connectivity index (χ0v) is 23.5. The molecule has 0 radical (unpaired) electrons. The number of nitrogens with one attached hydrogen (secondary N) is 2. The molecule has 14 nitrogen and oxygen atoms in total. The van der Waals surface area contributed by atoms with E-state index in [0.717, 1.165) is 0 Å². The van der Waals surface area contributed by atoms with E-state index < -0.39 is 18.5 Å². The fourth-order valence-electron chi connectivity index (χ4n) is 4.46. The molecule has 0 unspecified atom stereocenters. The molecule has 0 saturated carbocycles. The summed E-state index contributed by atoms with van der Waals surface area (Å²) in [5, 5.41) is 13.3. The Morgan fingerprint density at radius 1 is 1.16 bits per heavy atom. The van der Waals surface area contributed by atoms with Gasteiger partial charge in [0.2, 0.25) is 5.91 Å². The van der Waals surface area contributed by atoms with Crippen molar-refractivity contribution >= 4 is 40.7 Å². The molecule has 0 bridgehead atoms. The Bertz CT molecular complexity index is 1640. The maximum Gasteiger partial charge on any atom is 0.387 e. The number of aromatic nitrogens is 5. The molecule has 2 amide bonds. The van der Waals surface area contributed by atoms with Gasteiger partial charge in [0, 0.05) is 55.4 Å². The largest absolute Gasteiger partial charge is 0.468 e. The normalized spacial score (nSPS) is 13.8. The number of carbonyl (C=O) groups excluding carboxylic acids is 3. The number of ether oxygens (including phenoxy) is 2. The molecule has 0 spiro atoms. The van der Waals surface area contributed by atoms with E-state index in [4.69, 9.17) is 16.3 Å². The van der Waals surface area contributed by atoms with E-state index in [0.29, 0.717) is 31.8 Å². The van der Waals surface area contributed by atoms with Crippen molar-refractivity contribution in [2.75, 3.05) is 45.2 Å². The average molecular weight is 618 g/mol. The van der Waals surface area contributed by atoms with Gasteiger partial charge < -0.3 is 19.7 Å². The monoisotopic (exact) mass is 617 g/mol. The first kappa shape index (κ1) is 29.8. The van der Waals surface area contributed by atoms with Crippen molar-refractivity contribution in [3.8, 4) is 17.0 Å². The molecule has 5 rings (SSSR count). The molecule has 1 aromatic carbocycles. The van der Waals surface area contributed by atoms with Crippen LogP contribution in [0.5, 0.6) is 5.75 Å². The van der Waals surface area contributed by atoms with E-state index >= 15 is 0 Å². The third kappa shape index (κ3) is 7.04. The zero-order valence-electron chi connectivity index (χ0n) is 22.7. The maximum absolute atomic E-state index is 13.3. The maximum atomic E-state index is 13.3. The highest BCUT2D eigenvalue weighted by Gasteiger charge is 2.25. The van der Waals surface area contributed by atoms with Crippen molar-refractivity contribution in [2.24, 2.45) is 0 Å². The molecule has 226 valence electrons. The number of methoxy groups -OCH3 is 1. The van der Waals surface area contributed by atoms with E-state index in [9.17, 15) is 23.2 Å². The zero-order chi connectivity index (χ0) is 30.5. The Morgan fingerprint density at radius 3 is 2.70 bits per heavy atom. The summed E-state index contributed by atoms with van der Waals surface area (Å²) >= 11 is 6.18. The fourth-order valence-corrected chi connectivity index (χ4v) is 4.63. The summed E-state index contributed by atoms with van der Waals surface area (Å²) in [6.45, 7) is -1.62. The molecule has 0 atom stereocenters. The van der Waals surface area contributed by atoms with Gasteiger partial charge in [-0.25, -0.2) is 19.9 Å². The Hall–Kier alpha value is -4.67. The molecule has 2 N–H and O–H groups in total. The minimum atomic E-state index is -3.13. The van der Waals surface area contributed by atoms with Gasteiger partial charge >= 0.3 is 12.6 Å². The Morgan fingerprint density at radius 2 is 1.95 bits per heavy atom. The topological polar surface area (TPSA) is 148 Å². The van der Waals surface area contributed by atoms with Gasteiger partial charge in [-0.3, -0.25) is 19.1 Å². The summed E-state index contributed by atoms with van der Waals surface area (Å²) < 4.78 is 38.5. The number of carbonyl (C=O) groups is 3. The van der Waals surface area contributed by atoms with Crippen molar-refractivity contribution in [3.63, 3.8) is 0 Å². The number of halogens is 3. The number of fused-ring (bicyclic) bond motifs is 1. The quantitative estimate of drug-likeness (QED) is 0.253. The Kier molecular flexibility index (Phi) is 9.08. The fraction of sp³-hybridized carbons (Fsp3) is 0.308. The second-order valence-corrected chi connectivity index (χ2v) is 9.72. The minimum Gasteiger partial charge on any atom is -0.468 e. The van der Waals surface area contributed by atoms with Crippen molar-refractivity contribution in [3.05, 3.63) is 59.6 Å². The number of esters is 1. The molecule has 17 heteroatoms. The molecule has 4 heterocycles. The summed E-state index contributed by atoms with van der Waals surface area (Å²) in [7, 11) is 1.30. The average Bonchev–Trinajstić information content (AvgIpc) is 3.60. The molecule has 1 fully saturated rings. The predicted octanol–water partition coefficient (Wildman–Crippen LogP) is 1.92. The standard InChI is InChI=1S/C26H26ClF2N9O5/c1-42-22(40)13-31-36-9-7-35(8-10-36)21(39)15-37-14-19(33-25(41)18-12-32-38-6-2-5-30-24(18)38)23(34-37)17-11-16(27)3-4-20(17)43-26(28)29/h2-6,11-12,14,26,31H,7-10,13,15H2,1H3,(H,33,41). The molecule has 4 aromatic rings. The van der Waals surface area contributed by atoms with Crippen LogP contribution in [-0.2, 0) is 20.9 Å². The third-order valence-corrected chi connectivity index (χ3v) is 6.79. The SMILES string of the molecule is COC(=O)CNN1CCN(C(=O)Cn2cc(NC(=O)c3cnn4cccnc34)c(-c3cc(Cl)ccc3OC(F)F)n2)CC1. The third-order valence-electron chi connectivity index (χ3n) is 6.55. The summed E-state index contributed by atoms with van der Waals surface area (Å²) in [6, 6.07) is 5.68. The molecule has 1 saturated heterocycles. The summed E-state index contributed by atoms with van der Waals surface area (Å²) in [6.07, 6.45) is 5.90. The second kappa shape index (κ2) is 13.1. The van der Waals surface area contributed by atoms with Crippen molar-refractivity contribution in [1.29, 1.82) is 0 Å². The van der Waals surface area contributed by atoms with Gasteiger partial charge in [-0.15, -0.1) is 0 Å². The number of piperazine rings is 1. The van der Waals surface area contributed by atoms with Crippen molar-refractivity contribution < 1.29 is 32.6 Å². The highest BCUT2D eigenvalue weighted by Crippen LogP contribution is 2.37. The van der Waals surface area contributed by atoms with Crippen LogP contribution >= 0.6 is 11.6 Å². The van der Waals surface area contributed by atoms with Crippen molar-refractivity contribution in [2.45, 2.75) is 13.2 Å². The van der Waals surface area contributed by atoms with Gasteiger partial charge in [0.25, 0.3) is 5.91 Å². The number of alkyl halides is 2. The summed E-state index contributed by atoms with van der Waals surface area (Å²) in [4.78, 5) is 43.6. The molecule has 1 aliphatic heterocycles. The first-order valence-corrected chi connectivity index (χ1v) is 13.3. The van der Waals surface area contributed by atoms with Crippen LogP contribution in [0.2, 0.25) is 5.02 Å². The lowest BCUT2D eigenvalue weighted by Gasteiger charge is -2.34. The molecular weight excluding hydrogens is 592 g/mol. The number of rotatable bonds is 10. The number of anilines is 1. The van der Waals surface area contributed by atoms with Gasteiger partial charge in [-0.1, -0.05) is 11.6 Å². The first-order valence-electron chi connectivity index (χ1n) is 13.0. The van der Waals surface area contributed by atoms with E-state index in [1.165, 1.54) is 53.1 Å². The lowest BCUT2D eigenvalue weighted by atomic mass is 10.1. The number of hydrogen-bond donors (Lipinski definition) is 2. The van der Waals surface area contributed by atoms with Crippen LogP contribution in [0.3, 0.4) is 0 Å². The smallest absolute Gasteiger partial charge is 0.387 e. The van der Waals surface area contributed by atoms with Crippen molar-refractivity contribution in [1.82, 2.24) is 39.7 Å². The van der Waals surface area contributed by atoms with E-state index in [1.807, 2.05) is 5.01 Å². The molecule has 43 heavy (non-hydrogen) atoms. The van der Waals surface area contributed by atoms with Crippen LogP contribution < -0.4 is 15.5 Å². The van der Waals surface area contributed by atoms with Crippen LogP contribution in [0, 0.1) is 0 Å². The first-order chi connectivity index (χ1) is 20.7. The van der Waals surface area contributed by atoms with Gasteiger partial charge in [0.15, 0.2) is 5.65 Å². The number of hydrogen-bond acceptors (Lipinski definition) is 10. The highest BCUT2D eigenvalue weighted by molar-refractivity contribution is 6.31. The molecular formula is C26H26ClF2N9O5. The van der Waals surface area contributed by atoms with E-state index in [-0.39, 0.29) is 52.3 Å². The summed E-state index contributed by atoms with van der Waals surface area (Å²) in [5.41, 5.74) is 3.66. The van der Waals surface area contributed by atoms with E-state index in [1.54, 1.807) is 17.2 Å². The lowest BCUT2D eigenvalue weighted by molar-refractivity contribution is -0.141. The minimum absolute atomic E-state index is 0.0150. The van der Waals surface area contributed by atoms with Gasteiger partial charge in [0.05, 0.1) is 19.0 Å². The van der Waals surface area contributed by atoms with Crippen LogP contribution in [0.1, 0.15) is 10.4 Å². The number of nitrogens with zero attached hydrogens (tertiary/aromatic N) is 7. The van der Waals surface area contributed by atoms with Crippen LogP contribution in [0.15, 0.2) is 49.1 Å². The molecule has 3 aromatic heterocycles. The van der Waals surface area contributed by atoms with Crippen LogP contribution in [0.4, 0.5) is 14.5 Å². The number of benzene rings is 1. The van der Waals surface area contributed by atoms with E-state index in [2.05, 4.69) is 30.7 Å². The van der Waals surface area contributed by atoms with Gasteiger partial charge in [-0.05, 0) is 24.3 Å². The Balaban J connectivity index is 1.39. The van der Waals surface area contributed by atoms with Gasteiger partial charge in [-0.2, -0.15) is 19.0 Å². The number of amides is 2. The van der Waals surface area contributed by atoms with Crippen LogP contribution in [-0.4, -0.2) is 98.5 Å². The molecule has 0 aliphatic carbocycles. The highest BCUT2D eigenvalue weighted by atomic mass is 35.5. The lowest BCUT2D eigenvalue weighted by Crippen LogP contribution is -2.54. The second-order valence-electron chi connectivity index (χ2n) is 9.29. The van der Waals surface area contributed by atoms with Gasteiger partial charge in [0.1, 0.15) is 30.1 Å². The summed E-state index contributed by atoms with van der Waals surface area (Å²) in [5.74, 6) is -1.48.